The molecule has 4 rings (SSSR count). The molecule has 8 nitrogen and oxygen atoms in total. The number of urea groups is 1. The molecular weight excluding hydrogens is 282 g/mol. The monoisotopic (exact) mass is 295 g/mol. The highest BCUT2D eigenvalue weighted by atomic mass is 16.2. The first-order chi connectivity index (χ1) is 10.7. The van der Waals surface area contributed by atoms with Crippen LogP contribution >= 0.6 is 0 Å². The van der Waals surface area contributed by atoms with E-state index in [-0.39, 0.29) is 12.2 Å². The Morgan fingerprint density at radius 1 is 1.23 bits per heavy atom. The van der Waals surface area contributed by atoms with Gasteiger partial charge in [0.1, 0.15) is 6.17 Å². The number of nitrogens with one attached hydrogen (secondary N) is 2. The number of carbonyl (C=O) groups excluding carboxylic acids is 1. The van der Waals surface area contributed by atoms with Gasteiger partial charge in [0, 0.05) is 5.39 Å². The fourth-order valence-electron chi connectivity index (χ4n) is 2.61. The molecule has 0 spiro atoms. The van der Waals surface area contributed by atoms with Crippen LogP contribution in [0, 0.1) is 0 Å². The molecule has 1 unspecified atom stereocenters. The van der Waals surface area contributed by atoms with E-state index in [2.05, 4.69) is 25.8 Å². The van der Waals surface area contributed by atoms with E-state index in [0.29, 0.717) is 5.82 Å². The smallest absolute Gasteiger partial charge is 0.259 e. The summed E-state index contributed by atoms with van der Waals surface area (Å²) in [6, 6.07) is 9.58. The molecule has 3 heterocycles. The van der Waals surface area contributed by atoms with E-state index >= 15 is 0 Å². The summed E-state index contributed by atoms with van der Waals surface area (Å²) in [5.74, 6) is 0.473. The zero-order valence-electron chi connectivity index (χ0n) is 11.8. The van der Waals surface area contributed by atoms with Gasteiger partial charge in [0.2, 0.25) is 0 Å². The standard InChI is InChI=1S/C14H13N7O/c1-9-20(13-8-16-19-17-13)14(22)18-21(9)11-6-10-4-2-3-5-12(10)15-7-11/h2-9H,1H3,(H,18,22)(H,16,17,19). The van der Waals surface area contributed by atoms with Crippen LogP contribution in [0.1, 0.15) is 6.92 Å². The Morgan fingerprint density at radius 3 is 2.91 bits per heavy atom. The summed E-state index contributed by atoms with van der Waals surface area (Å²) >= 11 is 0. The number of hydrogen-bond acceptors (Lipinski definition) is 5. The molecule has 1 aromatic carbocycles. The molecule has 8 heteroatoms. The van der Waals surface area contributed by atoms with Crippen LogP contribution in [0.2, 0.25) is 0 Å². The number of hydrogen-bond donors (Lipinski definition) is 2. The Bertz CT molecular complexity index is 832. The van der Waals surface area contributed by atoms with Crippen LogP contribution in [0.15, 0.2) is 42.7 Å². The molecule has 110 valence electrons. The Balaban J connectivity index is 1.71. The molecule has 1 fully saturated rings. The molecule has 1 aliphatic heterocycles. The molecule has 2 N–H and O–H groups in total. The average Bonchev–Trinajstić information content (AvgIpc) is 3.15. The highest BCUT2D eigenvalue weighted by molar-refractivity contribution is 5.96. The Hall–Kier alpha value is -3.16. The minimum Gasteiger partial charge on any atom is -0.259 e. The summed E-state index contributed by atoms with van der Waals surface area (Å²) in [5.41, 5.74) is 4.55. The summed E-state index contributed by atoms with van der Waals surface area (Å²) in [6.07, 6.45) is 3.00. The van der Waals surface area contributed by atoms with Crippen molar-refractivity contribution in [2.24, 2.45) is 0 Å². The minimum absolute atomic E-state index is 0.249. The first kappa shape index (κ1) is 12.6. The van der Waals surface area contributed by atoms with Gasteiger partial charge < -0.3 is 0 Å². The fourth-order valence-corrected chi connectivity index (χ4v) is 2.61. The zero-order valence-corrected chi connectivity index (χ0v) is 11.8. The quantitative estimate of drug-likeness (QED) is 0.750. The van der Waals surface area contributed by atoms with Gasteiger partial charge in [0.25, 0.3) is 0 Å². The van der Waals surface area contributed by atoms with Crippen LogP contribution in [-0.2, 0) is 0 Å². The van der Waals surface area contributed by atoms with Crippen molar-refractivity contribution in [3.05, 3.63) is 42.7 Å². The fraction of sp³-hybridized carbons (Fsp3) is 0.143. The van der Waals surface area contributed by atoms with E-state index in [0.717, 1.165) is 16.6 Å². The van der Waals surface area contributed by atoms with E-state index in [1.165, 1.54) is 11.1 Å². The van der Waals surface area contributed by atoms with Gasteiger partial charge in [-0.2, -0.15) is 10.3 Å². The number of H-pyrrole nitrogens is 1. The lowest BCUT2D eigenvalue weighted by Gasteiger charge is -2.24. The van der Waals surface area contributed by atoms with Gasteiger partial charge in [-0.05, 0) is 19.1 Å². The lowest BCUT2D eigenvalue weighted by molar-refractivity contribution is 0.251. The number of para-hydroxylation sites is 1. The topological polar surface area (TPSA) is 90.0 Å². The molecular formula is C14H13N7O. The number of nitrogens with zero attached hydrogens (tertiary/aromatic N) is 5. The van der Waals surface area contributed by atoms with Crippen LogP contribution < -0.4 is 15.3 Å². The number of aromatic amines is 1. The van der Waals surface area contributed by atoms with Gasteiger partial charge in [0.15, 0.2) is 5.82 Å². The SMILES string of the molecule is CC1N(c2cnc3ccccc3c2)NC(=O)N1c1cn[nH]n1. The largest absolute Gasteiger partial charge is 0.343 e. The number of aromatic nitrogens is 4. The molecule has 22 heavy (non-hydrogen) atoms. The first-order valence-corrected chi connectivity index (χ1v) is 6.84. The number of benzene rings is 1. The van der Waals surface area contributed by atoms with Crippen molar-refractivity contribution in [2.75, 3.05) is 9.91 Å². The van der Waals surface area contributed by atoms with Crippen LogP contribution in [0.4, 0.5) is 16.3 Å². The second-order valence-electron chi connectivity index (χ2n) is 5.00. The molecule has 1 aliphatic rings. The van der Waals surface area contributed by atoms with Gasteiger partial charge in [0.05, 0.1) is 23.6 Å². The van der Waals surface area contributed by atoms with Crippen molar-refractivity contribution in [2.45, 2.75) is 13.1 Å². The maximum absolute atomic E-state index is 12.2. The second-order valence-corrected chi connectivity index (χ2v) is 5.00. The highest BCUT2D eigenvalue weighted by Gasteiger charge is 2.37. The van der Waals surface area contributed by atoms with Crippen molar-refractivity contribution in [1.82, 2.24) is 25.8 Å². The zero-order chi connectivity index (χ0) is 15.1. The van der Waals surface area contributed by atoms with Crippen LogP contribution in [0.5, 0.6) is 0 Å². The maximum atomic E-state index is 12.2. The summed E-state index contributed by atoms with van der Waals surface area (Å²) in [4.78, 5) is 18.2. The van der Waals surface area contributed by atoms with Gasteiger partial charge in [-0.1, -0.05) is 18.2 Å². The van der Waals surface area contributed by atoms with E-state index in [4.69, 9.17) is 0 Å². The summed E-state index contributed by atoms with van der Waals surface area (Å²) in [6.45, 7) is 1.90. The lowest BCUT2D eigenvalue weighted by Crippen LogP contribution is -2.39. The molecule has 2 amide bonds. The van der Waals surface area contributed by atoms with Crippen LogP contribution in [-0.4, -0.2) is 32.6 Å². The maximum Gasteiger partial charge on any atom is 0.343 e. The lowest BCUT2D eigenvalue weighted by atomic mass is 10.2. The van der Waals surface area contributed by atoms with Gasteiger partial charge in [-0.15, -0.1) is 5.10 Å². The van der Waals surface area contributed by atoms with E-state index in [9.17, 15) is 4.79 Å². The van der Waals surface area contributed by atoms with E-state index < -0.39 is 0 Å². The van der Waals surface area contributed by atoms with Gasteiger partial charge >= 0.3 is 6.03 Å². The molecule has 3 aromatic rings. The molecule has 0 bridgehead atoms. The van der Waals surface area contributed by atoms with Crippen LogP contribution in [0.25, 0.3) is 10.9 Å². The van der Waals surface area contributed by atoms with Gasteiger partial charge in [-0.3, -0.25) is 14.9 Å². The van der Waals surface area contributed by atoms with Gasteiger partial charge in [-0.25, -0.2) is 10.2 Å². The number of fused-ring (bicyclic) bond motifs is 1. The van der Waals surface area contributed by atoms with Crippen molar-refractivity contribution < 1.29 is 4.79 Å². The Kier molecular flexibility index (Phi) is 2.68. The summed E-state index contributed by atoms with van der Waals surface area (Å²) in [5, 5.41) is 13.0. The van der Waals surface area contributed by atoms with E-state index in [1.807, 2.05) is 37.3 Å². The molecule has 0 aliphatic carbocycles. The molecule has 0 saturated carbocycles. The second kappa shape index (κ2) is 4.69. The number of rotatable bonds is 2. The summed E-state index contributed by atoms with van der Waals surface area (Å²) < 4.78 is 0. The number of pyridine rings is 1. The molecule has 1 saturated heterocycles. The predicted octanol–water partition coefficient (Wildman–Crippen LogP) is 1.65. The van der Waals surface area contributed by atoms with Crippen molar-refractivity contribution in [3.8, 4) is 0 Å². The molecule has 1 atom stereocenters. The van der Waals surface area contributed by atoms with Crippen molar-refractivity contribution >= 4 is 28.4 Å². The third-order valence-corrected chi connectivity index (χ3v) is 3.69. The minimum atomic E-state index is -0.255. The predicted molar refractivity (Wildman–Crippen MR) is 81.1 cm³/mol. The number of amides is 2. The summed E-state index contributed by atoms with van der Waals surface area (Å²) in [7, 11) is 0. The first-order valence-electron chi connectivity index (χ1n) is 6.84. The number of hydrazine groups is 1. The normalized spacial score (nSPS) is 18.0. The third kappa shape index (κ3) is 1.85. The van der Waals surface area contributed by atoms with Crippen LogP contribution in [0.3, 0.4) is 0 Å². The number of carbonyl (C=O) groups is 1. The average molecular weight is 295 g/mol. The van der Waals surface area contributed by atoms with Crippen molar-refractivity contribution in [3.63, 3.8) is 0 Å². The number of anilines is 2. The highest BCUT2D eigenvalue weighted by Crippen LogP contribution is 2.26. The van der Waals surface area contributed by atoms with Crippen molar-refractivity contribution in [1.29, 1.82) is 0 Å². The Labute approximate surface area is 125 Å². The molecule has 2 aromatic heterocycles. The molecule has 0 radical (unpaired) electrons. The Morgan fingerprint density at radius 2 is 2.09 bits per heavy atom. The van der Waals surface area contributed by atoms with E-state index in [1.54, 1.807) is 11.2 Å². The third-order valence-electron chi connectivity index (χ3n) is 3.69.